The van der Waals surface area contributed by atoms with Crippen LogP contribution in [0.1, 0.15) is 5.56 Å². The maximum Gasteiger partial charge on any atom is 0.293 e. The van der Waals surface area contributed by atoms with Gasteiger partial charge in [0, 0.05) is 6.07 Å². The predicted molar refractivity (Wildman–Crippen MR) is 92.5 cm³/mol. The number of carbonyl (C=O) groups excluding carboxylic acids is 1. The van der Waals surface area contributed by atoms with Crippen LogP contribution in [0.2, 0.25) is 0 Å². The summed E-state index contributed by atoms with van der Waals surface area (Å²) < 4.78 is 1.28. The Morgan fingerprint density at radius 2 is 2.04 bits per heavy atom. The number of fused-ring (bicyclic) bond motifs is 1. The zero-order chi connectivity index (χ0) is 18.0. The van der Waals surface area contributed by atoms with Crippen molar-refractivity contribution in [2.45, 2.75) is 13.5 Å². The van der Waals surface area contributed by atoms with E-state index in [0.29, 0.717) is 16.6 Å². The Kier molecular flexibility index (Phi) is 4.25. The lowest BCUT2D eigenvalue weighted by Crippen LogP contribution is -2.28. The summed E-state index contributed by atoms with van der Waals surface area (Å²) in [6, 6.07) is 11.4. The van der Waals surface area contributed by atoms with Crippen molar-refractivity contribution >= 4 is 28.3 Å². The van der Waals surface area contributed by atoms with Crippen LogP contribution in [0.15, 0.2) is 53.5 Å². The lowest BCUT2D eigenvalue weighted by atomic mass is 10.2. The highest BCUT2D eigenvalue weighted by Crippen LogP contribution is 2.25. The Balaban J connectivity index is 1.91. The first-order valence-corrected chi connectivity index (χ1v) is 7.45. The summed E-state index contributed by atoms with van der Waals surface area (Å²) in [5.41, 5.74) is 1.28. The number of para-hydroxylation sites is 2. The van der Waals surface area contributed by atoms with E-state index >= 15 is 0 Å². The number of nitro groups is 1. The fourth-order valence-corrected chi connectivity index (χ4v) is 2.51. The molecule has 2 aromatic carbocycles. The number of benzene rings is 2. The summed E-state index contributed by atoms with van der Waals surface area (Å²) in [7, 11) is 0. The van der Waals surface area contributed by atoms with Crippen molar-refractivity contribution < 1.29 is 9.72 Å². The van der Waals surface area contributed by atoms with Crippen molar-refractivity contribution in [2.24, 2.45) is 0 Å². The second-order valence-corrected chi connectivity index (χ2v) is 5.50. The van der Waals surface area contributed by atoms with Crippen LogP contribution < -0.4 is 10.9 Å². The second kappa shape index (κ2) is 6.52. The molecule has 1 N–H and O–H groups in total. The maximum atomic E-state index is 12.3. The fraction of sp³-hybridized carbons (Fsp3) is 0.118. The first-order valence-electron chi connectivity index (χ1n) is 7.45. The monoisotopic (exact) mass is 338 g/mol. The topological polar surface area (TPSA) is 107 Å². The van der Waals surface area contributed by atoms with E-state index in [4.69, 9.17) is 0 Å². The minimum atomic E-state index is -0.559. The number of hydrogen-bond acceptors (Lipinski definition) is 5. The van der Waals surface area contributed by atoms with Crippen LogP contribution in [0.3, 0.4) is 0 Å². The van der Waals surface area contributed by atoms with Crippen molar-refractivity contribution in [3.8, 4) is 0 Å². The first kappa shape index (κ1) is 16.3. The molecule has 0 unspecified atom stereocenters. The minimum Gasteiger partial charge on any atom is -0.319 e. The van der Waals surface area contributed by atoms with E-state index in [2.05, 4.69) is 10.3 Å². The molecule has 0 bridgehead atoms. The van der Waals surface area contributed by atoms with Gasteiger partial charge in [-0.3, -0.25) is 24.3 Å². The van der Waals surface area contributed by atoms with Gasteiger partial charge >= 0.3 is 0 Å². The fourth-order valence-electron chi connectivity index (χ4n) is 2.51. The van der Waals surface area contributed by atoms with Crippen LogP contribution >= 0.6 is 0 Å². The smallest absolute Gasteiger partial charge is 0.293 e. The summed E-state index contributed by atoms with van der Waals surface area (Å²) >= 11 is 0. The van der Waals surface area contributed by atoms with Crippen LogP contribution in [0.25, 0.3) is 11.0 Å². The van der Waals surface area contributed by atoms with Gasteiger partial charge in [-0.15, -0.1) is 0 Å². The lowest BCUT2D eigenvalue weighted by molar-refractivity contribution is -0.384. The van der Waals surface area contributed by atoms with Gasteiger partial charge in [0.15, 0.2) is 0 Å². The molecule has 0 aliphatic rings. The molecule has 25 heavy (non-hydrogen) atoms. The van der Waals surface area contributed by atoms with E-state index in [1.54, 1.807) is 37.3 Å². The zero-order valence-electron chi connectivity index (χ0n) is 13.3. The van der Waals surface area contributed by atoms with Gasteiger partial charge in [0.25, 0.3) is 11.2 Å². The minimum absolute atomic E-state index is 0.0898. The molecule has 1 heterocycles. The van der Waals surface area contributed by atoms with Gasteiger partial charge in [0.05, 0.1) is 22.2 Å². The van der Waals surface area contributed by atoms with Crippen LogP contribution in [-0.4, -0.2) is 20.4 Å². The largest absolute Gasteiger partial charge is 0.319 e. The van der Waals surface area contributed by atoms with Gasteiger partial charge in [-0.05, 0) is 30.7 Å². The van der Waals surface area contributed by atoms with E-state index in [-0.39, 0.29) is 17.9 Å². The van der Waals surface area contributed by atoms with Gasteiger partial charge in [-0.1, -0.05) is 18.2 Å². The molecule has 0 aliphatic heterocycles. The average Bonchev–Trinajstić information content (AvgIpc) is 2.59. The number of amides is 1. The Morgan fingerprint density at radius 1 is 1.28 bits per heavy atom. The molecule has 1 aromatic heterocycles. The Hall–Kier alpha value is -3.55. The van der Waals surface area contributed by atoms with Gasteiger partial charge in [0.2, 0.25) is 5.91 Å². The van der Waals surface area contributed by atoms with Crippen molar-refractivity contribution in [1.29, 1.82) is 0 Å². The second-order valence-electron chi connectivity index (χ2n) is 5.50. The molecular formula is C17H14N4O4. The number of aromatic nitrogens is 2. The van der Waals surface area contributed by atoms with E-state index in [0.717, 1.165) is 6.20 Å². The normalized spacial score (nSPS) is 10.6. The number of nitrogens with one attached hydrogen (secondary N) is 1. The van der Waals surface area contributed by atoms with Gasteiger partial charge in [-0.25, -0.2) is 4.98 Å². The number of carbonyl (C=O) groups is 1. The number of anilines is 1. The molecule has 3 rings (SSSR count). The molecule has 0 aliphatic carbocycles. The SMILES string of the molecule is Cc1ccc(NC(=O)Cn2c(=O)cnc3ccccc32)c([N+](=O)[O-])c1. The molecule has 1 amide bonds. The van der Waals surface area contributed by atoms with E-state index < -0.39 is 16.4 Å². The van der Waals surface area contributed by atoms with E-state index in [9.17, 15) is 19.7 Å². The number of nitrogens with zero attached hydrogens (tertiary/aromatic N) is 3. The van der Waals surface area contributed by atoms with Crippen molar-refractivity contribution in [1.82, 2.24) is 9.55 Å². The molecule has 0 saturated heterocycles. The summed E-state index contributed by atoms with van der Waals surface area (Å²) in [4.78, 5) is 39.0. The predicted octanol–water partition coefficient (Wildman–Crippen LogP) is 2.25. The molecule has 0 spiro atoms. The number of nitro benzene ring substituents is 1. The zero-order valence-corrected chi connectivity index (χ0v) is 13.3. The number of hydrogen-bond donors (Lipinski definition) is 1. The number of rotatable bonds is 4. The molecule has 3 aromatic rings. The Labute approximate surface area is 141 Å². The van der Waals surface area contributed by atoms with Gasteiger partial charge in [-0.2, -0.15) is 0 Å². The first-order chi connectivity index (χ1) is 12.0. The maximum absolute atomic E-state index is 12.3. The quantitative estimate of drug-likeness (QED) is 0.580. The van der Waals surface area contributed by atoms with Crippen LogP contribution in [0, 0.1) is 17.0 Å². The van der Waals surface area contributed by atoms with Crippen molar-refractivity contribution in [3.63, 3.8) is 0 Å². The average molecular weight is 338 g/mol. The van der Waals surface area contributed by atoms with Gasteiger partial charge < -0.3 is 5.32 Å². The molecule has 0 saturated carbocycles. The standard InChI is InChI=1S/C17H14N4O4/c1-11-6-7-13(15(8-11)21(24)25)19-16(22)10-20-14-5-3-2-4-12(14)18-9-17(20)23/h2-9H,10H2,1H3,(H,19,22). The lowest BCUT2D eigenvalue weighted by Gasteiger charge is -2.10. The van der Waals surface area contributed by atoms with Crippen LogP contribution in [0.5, 0.6) is 0 Å². The molecule has 8 heteroatoms. The summed E-state index contributed by atoms with van der Waals surface area (Å²) in [5, 5.41) is 13.6. The summed E-state index contributed by atoms with van der Waals surface area (Å²) in [5.74, 6) is -0.537. The van der Waals surface area contributed by atoms with Crippen LogP contribution in [0.4, 0.5) is 11.4 Å². The molecule has 8 nitrogen and oxygen atoms in total. The summed E-state index contributed by atoms with van der Waals surface area (Å²) in [6.45, 7) is 1.45. The highest BCUT2D eigenvalue weighted by atomic mass is 16.6. The molecular weight excluding hydrogens is 324 g/mol. The molecule has 0 radical (unpaired) electrons. The Morgan fingerprint density at radius 3 is 2.80 bits per heavy atom. The highest BCUT2D eigenvalue weighted by Gasteiger charge is 2.17. The van der Waals surface area contributed by atoms with Crippen LogP contribution in [-0.2, 0) is 11.3 Å². The van der Waals surface area contributed by atoms with Crippen molar-refractivity contribution in [3.05, 3.63) is 74.7 Å². The highest BCUT2D eigenvalue weighted by molar-refractivity contribution is 5.93. The van der Waals surface area contributed by atoms with E-state index in [1.165, 1.54) is 16.7 Å². The third-order valence-corrected chi connectivity index (χ3v) is 3.68. The molecule has 0 fully saturated rings. The van der Waals surface area contributed by atoms with Gasteiger partial charge in [0.1, 0.15) is 12.2 Å². The Bertz CT molecular complexity index is 1040. The third-order valence-electron chi connectivity index (χ3n) is 3.68. The molecule has 126 valence electrons. The summed E-state index contributed by atoms with van der Waals surface area (Å²) in [6.07, 6.45) is 1.14. The van der Waals surface area contributed by atoms with E-state index in [1.807, 2.05) is 0 Å². The molecule has 0 atom stereocenters. The third kappa shape index (κ3) is 3.37. The number of aryl methyl sites for hydroxylation is 1. The van der Waals surface area contributed by atoms with Crippen molar-refractivity contribution in [2.75, 3.05) is 5.32 Å².